The lowest BCUT2D eigenvalue weighted by molar-refractivity contribution is -0.167. The van der Waals surface area contributed by atoms with E-state index < -0.39 is 6.10 Å². The number of esters is 3. The molecule has 0 heterocycles. The Labute approximate surface area is 504 Å². The molecular weight excluding hydrogens is 1010 g/mol. The van der Waals surface area contributed by atoms with Gasteiger partial charge in [-0.1, -0.05) is 274 Å². The number of hydrogen-bond acceptors (Lipinski definition) is 6. The molecule has 0 bridgehead atoms. The number of ether oxygens (including phenoxy) is 3. The van der Waals surface area contributed by atoms with Crippen LogP contribution in [0.15, 0.2) is 170 Å². The summed E-state index contributed by atoms with van der Waals surface area (Å²) < 4.78 is 16.9. The minimum Gasteiger partial charge on any atom is -0.462 e. The first kappa shape index (κ1) is 76.8. The van der Waals surface area contributed by atoms with E-state index in [9.17, 15) is 14.4 Å². The molecule has 0 aliphatic carbocycles. The number of allylic oxidation sites excluding steroid dienone is 28. The first-order valence-corrected chi connectivity index (χ1v) is 33.1. The van der Waals surface area contributed by atoms with E-state index in [1.54, 1.807) is 0 Å². The third kappa shape index (κ3) is 65.6. The van der Waals surface area contributed by atoms with Gasteiger partial charge in [0.2, 0.25) is 0 Å². The summed E-state index contributed by atoms with van der Waals surface area (Å²) >= 11 is 0. The smallest absolute Gasteiger partial charge is 0.306 e. The maximum absolute atomic E-state index is 12.9. The molecule has 1 unspecified atom stereocenters. The van der Waals surface area contributed by atoms with Crippen LogP contribution in [0.1, 0.15) is 271 Å². The lowest BCUT2D eigenvalue weighted by atomic mass is 10.1. The first-order valence-electron chi connectivity index (χ1n) is 33.1. The van der Waals surface area contributed by atoms with Crippen LogP contribution in [0.3, 0.4) is 0 Å². The fraction of sp³-hybridized carbons (Fsp3) is 0.592. The van der Waals surface area contributed by atoms with E-state index in [0.717, 1.165) is 186 Å². The number of carbonyl (C=O) groups is 3. The molecule has 0 saturated carbocycles. The zero-order valence-corrected chi connectivity index (χ0v) is 52.7. The Hall–Kier alpha value is -5.23. The van der Waals surface area contributed by atoms with Crippen molar-refractivity contribution in [1.82, 2.24) is 0 Å². The van der Waals surface area contributed by atoms with Crippen LogP contribution in [0.4, 0.5) is 0 Å². The summed E-state index contributed by atoms with van der Waals surface area (Å²) in [6, 6.07) is 0. The van der Waals surface area contributed by atoms with Crippen molar-refractivity contribution in [2.45, 2.75) is 277 Å². The second-order valence-electron chi connectivity index (χ2n) is 21.3. The number of carbonyl (C=O) groups excluding carboxylic acids is 3. The van der Waals surface area contributed by atoms with Crippen molar-refractivity contribution in [1.29, 1.82) is 0 Å². The van der Waals surface area contributed by atoms with Gasteiger partial charge in [-0.15, -0.1) is 0 Å². The molecule has 0 aliphatic heterocycles. The van der Waals surface area contributed by atoms with E-state index in [2.05, 4.69) is 191 Å². The highest BCUT2D eigenvalue weighted by atomic mass is 16.6. The van der Waals surface area contributed by atoms with Crippen LogP contribution in [0.25, 0.3) is 0 Å². The predicted molar refractivity (Wildman–Crippen MR) is 357 cm³/mol. The molecule has 460 valence electrons. The van der Waals surface area contributed by atoms with Crippen LogP contribution in [-0.2, 0) is 28.6 Å². The topological polar surface area (TPSA) is 78.9 Å². The zero-order valence-electron chi connectivity index (χ0n) is 52.7. The lowest BCUT2D eigenvalue weighted by Gasteiger charge is -2.18. The molecule has 0 spiro atoms. The molecule has 82 heavy (non-hydrogen) atoms. The van der Waals surface area contributed by atoms with Crippen LogP contribution in [0, 0.1) is 0 Å². The normalized spacial score (nSPS) is 13.3. The maximum Gasteiger partial charge on any atom is 0.306 e. The van der Waals surface area contributed by atoms with Crippen molar-refractivity contribution in [2.75, 3.05) is 13.2 Å². The lowest BCUT2D eigenvalue weighted by Crippen LogP contribution is -2.30. The molecule has 0 rings (SSSR count). The molecule has 0 aromatic rings. The second kappa shape index (κ2) is 68.3. The van der Waals surface area contributed by atoms with Gasteiger partial charge in [-0.05, 0) is 148 Å². The summed E-state index contributed by atoms with van der Waals surface area (Å²) in [7, 11) is 0. The molecule has 0 radical (unpaired) electrons. The van der Waals surface area contributed by atoms with Crippen LogP contribution in [0.2, 0.25) is 0 Å². The van der Waals surface area contributed by atoms with E-state index in [1.807, 2.05) is 0 Å². The highest BCUT2D eigenvalue weighted by Crippen LogP contribution is 2.14. The van der Waals surface area contributed by atoms with Crippen LogP contribution in [0.5, 0.6) is 0 Å². The van der Waals surface area contributed by atoms with Gasteiger partial charge in [0.05, 0.1) is 0 Å². The molecule has 6 heteroatoms. The van der Waals surface area contributed by atoms with Gasteiger partial charge < -0.3 is 14.2 Å². The monoisotopic (exact) mass is 1130 g/mol. The van der Waals surface area contributed by atoms with Crippen LogP contribution in [-0.4, -0.2) is 37.2 Å². The molecule has 0 fully saturated rings. The Bertz CT molecular complexity index is 1870. The fourth-order valence-electron chi connectivity index (χ4n) is 8.55. The zero-order chi connectivity index (χ0) is 59.2. The van der Waals surface area contributed by atoms with Crippen molar-refractivity contribution >= 4 is 17.9 Å². The number of rotatable bonds is 58. The van der Waals surface area contributed by atoms with Gasteiger partial charge in [0.1, 0.15) is 13.2 Å². The summed E-state index contributed by atoms with van der Waals surface area (Å²) in [5, 5.41) is 0. The van der Waals surface area contributed by atoms with Gasteiger partial charge in [-0.3, -0.25) is 14.4 Å². The summed E-state index contributed by atoms with van der Waals surface area (Å²) in [6.07, 6.45) is 101. The Kier molecular flexibility index (Phi) is 63.9. The van der Waals surface area contributed by atoms with Gasteiger partial charge in [0.25, 0.3) is 0 Å². The fourth-order valence-corrected chi connectivity index (χ4v) is 8.55. The van der Waals surface area contributed by atoms with Gasteiger partial charge >= 0.3 is 17.9 Å². The summed E-state index contributed by atoms with van der Waals surface area (Å²) in [5.74, 6) is -0.942. The van der Waals surface area contributed by atoms with Crippen LogP contribution >= 0.6 is 0 Å². The predicted octanol–water partition coefficient (Wildman–Crippen LogP) is 23.0. The SMILES string of the molecule is CC/C=C\C/C=C\C/C=C\C/C=C\C/C=C\C/C=C\C/C=C\CCCCCCCC(=O)OCC(COC(=O)CCCCCCC/C=C\CCC)OC(=O)CCCCCCCCCC/C=C\C/C=C\C/C=C\C/C=C\C/C=C\C/C=C\CC. The third-order valence-corrected chi connectivity index (χ3v) is 13.4. The Morgan fingerprint density at radius 2 is 0.476 bits per heavy atom. The Morgan fingerprint density at radius 1 is 0.256 bits per heavy atom. The van der Waals surface area contributed by atoms with Crippen LogP contribution < -0.4 is 0 Å². The van der Waals surface area contributed by atoms with Gasteiger partial charge in [0, 0.05) is 19.3 Å². The molecule has 1 atom stereocenters. The average Bonchev–Trinajstić information content (AvgIpc) is 3.48. The van der Waals surface area contributed by atoms with Gasteiger partial charge in [-0.2, -0.15) is 0 Å². The maximum atomic E-state index is 12.9. The average molecular weight is 1130 g/mol. The Morgan fingerprint density at radius 3 is 0.756 bits per heavy atom. The van der Waals surface area contributed by atoms with E-state index in [0.29, 0.717) is 19.3 Å². The largest absolute Gasteiger partial charge is 0.462 e. The highest BCUT2D eigenvalue weighted by molar-refractivity contribution is 5.71. The van der Waals surface area contributed by atoms with Crippen molar-refractivity contribution in [3.63, 3.8) is 0 Å². The van der Waals surface area contributed by atoms with Gasteiger partial charge in [-0.25, -0.2) is 0 Å². The molecule has 0 aromatic carbocycles. The Balaban J connectivity index is 4.35. The van der Waals surface area contributed by atoms with Crippen molar-refractivity contribution in [3.8, 4) is 0 Å². The minimum atomic E-state index is -0.804. The third-order valence-electron chi connectivity index (χ3n) is 13.4. The molecule has 6 nitrogen and oxygen atoms in total. The standard InChI is InChI=1S/C76H120O6/c1-4-7-10-13-16-19-22-24-26-28-30-32-34-36-38-40-42-44-46-48-50-52-54-57-60-63-66-69-75(78)81-72-73(71-80-74(77)68-65-62-59-56-21-18-15-12-9-6-3)82-76(79)70-67-64-61-58-55-53-51-49-47-45-43-41-39-37-35-33-31-29-27-25-23-20-17-14-11-8-5-2/h7-8,10-12,15-17,19-20,24-27,30-33,36-39,42-45,48,50,73H,4-6,9,13-14,18,21-23,28-29,34-35,40-41,46-47,49,51-72H2,1-3H3/b10-7-,11-8-,15-12-,19-16-,20-17-,26-24-,27-25-,32-30-,33-31-,38-36-,39-37-,44-42-,45-43-,50-48-. The van der Waals surface area contributed by atoms with Crippen molar-refractivity contribution in [3.05, 3.63) is 170 Å². The number of unbranched alkanes of at least 4 members (excludes halogenated alkanes) is 19. The van der Waals surface area contributed by atoms with E-state index in [-0.39, 0.29) is 31.1 Å². The number of hydrogen-bond donors (Lipinski definition) is 0. The second-order valence-corrected chi connectivity index (χ2v) is 21.3. The van der Waals surface area contributed by atoms with E-state index >= 15 is 0 Å². The summed E-state index contributed by atoms with van der Waals surface area (Å²) in [4.78, 5) is 38.3. The van der Waals surface area contributed by atoms with Gasteiger partial charge in [0.15, 0.2) is 6.10 Å². The molecular formula is C76H120O6. The van der Waals surface area contributed by atoms with E-state index in [1.165, 1.54) is 44.9 Å². The van der Waals surface area contributed by atoms with E-state index in [4.69, 9.17) is 14.2 Å². The molecule has 0 aromatic heterocycles. The van der Waals surface area contributed by atoms with Crippen molar-refractivity contribution < 1.29 is 28.6 Å². The molecule has 0 aliphatic rings. The van der Waals surface area contributed by atoms with Crippen molar-refractivity contribution in [2.24, 2.45) is 0 Å². The summed E-state index contributed by atoms with van der Waals surface area (Å²) in [5.41, 5.74) is 0. The minimum absolute atomic E-state index is 0.0993. The quantitative estimate of drug-likeness (QED) is 0.0261. The molecule has 0 saturated heterocycles. The first-order chi connectivity index (χ1) is 40.5. The summed E-state index contributed by atoms with van der Waals surface area (Å²) in [6.45, 7) is 6.31. The molecule has 0 N–H and O–H groups in total. The molecule has 0 amide bonds. The highest BCUT2D eigenvalue weighted by Gasteiger charge is 2.19.